The molecule has 1 aliphatic heterocycles. The van der Waals surface area contributed by atoms with E-state index in [1.54, 1.807) is 18.2 Å². The van der Waals surface area contributed by atoms with Crippen LogP contribution in [0.25, 0.3) is 6.08 Å². The average Bonchev–Trinajstić information content (AvgIpc) is 2.60. The lowest BCUT2D eigenvalue weighted by atomic mass is 9.96. The first-order valence-corrected chi connectivity index (χ1v) is 8.31. The van der Waals surface area contributed by atoms with E-state index < -0.39 is 36.6 Å². The molecule has 1 heterocycles. The van der Waals surface area contributed by atoms with Gasteiger partial charge in [0.25, 0.3) is 0 Å². The van der Waals surface area contributed by atoms with Crippen LogP contribution in [0.15, 0.2) is 24.3 Å². The first kappa shape index (κ1) is 20.1. The number of benzene rings is 1. The number of aliphatic hydroxyl groups is 2. The summed E-state index contributed by atoms with van der Waals surface area (Å²) >= 11 is 11.7. The van der Waals surface area contributed by atoms with Crippen molar-refractivity contribution in [2.45, 2.75) is 30.6 Å². The van der Waals surface area contributed by atoms with Gasteiger partial charge in [0, 0.05) is 19.7 Å². The molecular formula is C16H20Cl2N2O5. The summed E-state index contributed by atoms with van der Waals surface area (Å²) in [5, 5.41) is 23.5. The average molecular weight is 391 g/mol. The van der Waals surface area contributed by atoms with Crippen molar-refractivity contribution in [3.8, 4) is 0 Å². The van der Waals surface area contributed by atoms with E-state index in [-0.39, 0.29) is 6.54 Å². The molecule has 0 bridgehead atoms. The van der Waals surface area contributed by atoms with Crippen LogP contribution in [0.2, 0.25) is 10.0 Å². The molecule has 0 spiro atoms. The van der Waals surface area contributed by atoms with Gasteiger partial charge in [0.15, 0.2) is 6.29 Å². The fourth-order valence-corrected chi connectivity index (χ4v) is 2.79. The van der Waals surface area contributed by atoms with Crippen LogP contribution in [0.5, 0.6) is 0 Å². The number of hydrogen-bond acceptors (Lipinski definition) is 6. The minimum Gasteiger partial charge on any atom is -0.388 e. The Bertz CT molecular complexity index is 641. The van der Waals surface area contributed by atoms with E-state index >= 15 is 0 Å². The molecule has 5 N–H and O–H groups in total. The molecule has 7 nitrogen and oxygen atoms in total. The monoisotopic (exact) mass is 390 g/mol. The van der Waals surface area contributed by atoms with Crippen molar-refractivity contribution in [2.75, 3.05) is 13.7 Å². The van der Waals surface area contributed by atoms with Gasteiger partial charge in [0.2, 0.25) is 5.91 Å². The number of aliphatic hydroxyl groups excluding tert-OH is 2. The van der Waals surface area contributed by atoms with Gasteiger partial charge in [0.1, 0.15) is 24.4 Å². The van der Waals surface area contributed by atoms with Crippen LogP contribution < -0.4 is 11.1 Å². The zero-order valence-corrected chi connectivity index (χ0v) is 14.9. The van der Waals surface area contributed by atoms with Gasteiger partial charge in [-0.15, -0.1) is 0 Å². The van der Waals surface area contributed by atoms with Crippen molar-refractivity contribution in [1.29, 1.82) is 0 Å². The zero-order chi connectivity index (χ0) is 18.6. The number of hydrogen-bond donors (Lipinski definition) is 4. The Labute approximate surface area is 155 Å². The highest BCUT2D eigenvalue weighted by Crippen LogP contribution is 2.23. The van der Waals surface area contributed by atoms with Gasteiger partial charge in [-0.25, -0.2) is 0 Å². The van der Waals surface area contributed by atoms with Crippen LogP contribution in [0.3, 0.4) is 0 Å². The SMILES string of the molecule is CO[C@H]1O[C@H](CN)[C@@H](O)[C@H](O)[C@H]1NC(=O)C=Cc1ccc(Cl)c(Cl)c1. The third-order valence-electron chi connectivity index (χ3n) is 3.85. The van der Waals surface area contributed by atoms with Crippen LogP contribution in [-0.4, -0.2) is 60.4 Å². The maximum atomic E-state index is 12.1. The maximum Gasteiger partial charge on any atom is 0.244 e. The fraction of sp³-hybridized carbons (Fsp3) is 0.438. The summed E-state index contributed by atoms with van der Waals surface area (Å²) in [7, 11) is 1.37. The number of carbonyl (C=O) groups is 1. The van der Waals surface area contributed by atoms with Crippen molar-refractivity contribution < 1.29 is 24.5 Å². The lowest BCUT2D eigenvalue weighted by molar-refractivity contribution is -0.253. The highest BCUT2D eigenvalue weighted by atomic mass is 35.5. The Morgan fingerprint density at radius 1 is 1.36 bits per heavy atom. The second kappa shape index (κ2) is 8.95. The van der Waals surface area contributed by atoms with Gasteiger partial charge in [-0.1, -0.05) is 29.3 Å². The molecule has 1 saturated heterocycles. The third kappa shape index (κ3) is 4.92. The van der Waals surface area contributed by atoms with Crippen LogP contribution in [-0.2, 0) is 14.3 Å². The van der Waals surface area contributed by atoms with E-state index in [2.05, 4.69) is 5.32 Å². The molecule has 1 aromatic rings. The Balaban J connectivity index is 2.04. The van der Waals surface area contributed by atoms with E-state index in [1.807, 2.05) is 0 Å². The predicted molar refractivity (Wildman–Crippen MR) is 94.2 cm³/mol. The largest absolute Gasteiger partial charge is 0.388 e. The molecule has 2 rings (SSSR count). The van der Waals surface area contributed by atoms with Gasteiger partial charge >= 0.3 is 0 Å². The molecule has 0 radical (unpaired) electrons. The Morgan fingerprint density at radius 2 is 2.08 bits per heavy atom. The van der Waals surface area contributed by atoms with Crippen molar-refractivity contribution in [3.63, 3.8) is 0 Å². The molecule has 1 aromatic carbocycles. The summed E-state index contributed by atoms with van der Waals surface area (Å²) in [6.45, 7) is 0.00990. The molecule has 9 heteroatoms. The quantitative estimate of drug-likeness (QED) is 0.545. The van der Waals surface area contributed by atoms with Crippen molar-refractivity contribution in [3.05, 3.63) is 39.9 Å². The van der Waals surface area contributed by atoms with E-state index in [4.69, 9.17) is 38.4 Å². The lowest BCUT2D eigenvalue weighted by Crippen LogP contribution is -2.65. The van der Waals surface area contributed by atoms with Crippen LogP contribution in [0, 0.1) is 0 Å². The van der Waals surface area contributed by atoms with Crippen LogP contribution in [0.1, 0.15) is 5.56 Å². The van der Waals surface area contributed by atoms with Gasteiger partial charge in [-0.05, 0) is 23.8 Å². The number of amides is 1. The summed E-state index contributed by atoms with van der Waals surface area (Å²) in [6.07, 6.45) is -1.43. The number of nitrogens with one attached hydrogen (secondary N) is 1. The topological polar surface area (TPSA) is 114 Å². The lowest BCUT2D eigenvalue weighted by Gasteiger charge is -2.41. The number of rotatable bonds is 5. The summed E-state index contributed by atoms with van der Waals surface area (Å²) in [6, 6.07) is 3.97. The van der Waals surface area contributed by atoms with E-state index in [0.717, 1.165) is 0 Å². The van der Waals surface area contributed by atoms with Crippen molar-refractivity contribution in [2.24, 2.45) is 5.73 Å². The molecule has 1 amide bonds. The third-order valence-corrected chi connectivity index (χ3v) is 4.58. The van der Waals surface area contributed by atoms with Gasteiger partial charge in [0.05, 0.1) is 10.0 Å². The maximum absolute atomic E-state index is 12.1. The van der Waals surface area contributed by atoms with E-state index in [0.29, 0.717) is 15.6 Å². The fourth-order valence-electron chi connectivity index (χ4n) is 2.48. The summed E-state index contributed by atoms with van der Waals surface area (Å²) in [5.41, 5.74) is 6.16. The van der Waals surface area contributed by atoms with Crippen LogP contribution >= 0.6 is 23.2 Å². The second-order valence-electron chi connectivity index (χ2n) is 5.54. The summed E-state index contributed by atoms with van der Waals surface area (Å²) in [4.78, 5) is 12.1. The molecule has 0 unspecified atom stereocenters. The van der Waals surface area contributed by atoms with E-state index in [1.165, 1.54) is 19.3 Å². The normalized spacial score (nSPS) is 29.8. The van der Waals surface area contributed by atoms with E-state index in [9.17, 15) is 15.0 Å². The highest BCUT2D eigenvalue weighted by Gasteiger charge is 2.44. The number of methoxy groups -OCH3 is 1. The predicted octanol–water partition coefficient (Wildman–Crippen LogP) is 0.543. The first-order valence-electron chi connectivity index (χ1n) is 7.55. The Morgan fingerprint density at radius 3 is 2.68 bits per heavy atom. The smallest absolute Gasteiger partial charge is 0.244 e. The summed E-state index contributed by atoms with van der Waals surface area (Å²) < 4.78 is 10.6. The number of nitrogens with two attached hydrogens (primary N) is 1. The molecular weight excluding hydrogens is 371 g/mol. The van der Waals surface area contributed by atoms with Gasteiger partial charge in [-0.2, -0.15) is 0 Å². The Hall–Kier alpha value is -1.19. The minimum atomic E-state index is -1.28. The van der Waals surface area contributed by atoms with Crippen molar-refractivity contribution >= 4 is 35.2 Å². The van der Waals surface area contributed by atoms with Gasteiger partial charge < -0.3 is 30.7 Å². The highest BCUT2D eigenvalue weighted by molar-refractivity contribution is 6.42. The second-order valence-corrected chi connectivity index (χ2v) is 6.35. The molecule has 25 heavy (non-hydrogen) atoms. The molecule has 138 valence electrons. The first-order chi connectivity index (χ1) is 11.9. The molecule has 0 aliphatic carbocycles. The van der Waals surface area contributed by atoms with Gasteiger partial charge in [-0.3, -0.25) is 4.79 Å². The molecule has 5 atom stereocenters. The number of carbonyl (C=O) groups excluding carboxylic acids is 1. The molecule has 1 fully saturated rings. The molecule has 0 saturated carbocycles. The Kier molecular flexibility index (Phi) is 7.21. The van der Waals surface area contributed by atoms with Crippen LogP contribution in [0.4, 0.5) is 0 Å². The zero-order valence-electron chi connectivity index (χ0n) is 13.4. The standard InChI is InChI=1S/C16H20Cl2N2O5/c1-24-16-13(15(23)14(22)11(7-19)25-16)20-12(21)5-3-8-2-4-9(17)10(18)6-8/h2-6,11,13-16,22-23H,7,19H2,1H3,(H,20,21)/t11-,13-,14-,15-,16+/m1/s1. The summed E-state index contributed by atoms with van der Waals surface area (Å²) in [5.74, 6) is -0.501. The van der Waals surface area contributed by atoms with Crippen molar-refractivity contribution in [1.82, 2.24) is 5.32 Å². The molecule has 1 aliphatic rings. The molecule has 0 aromatic heterocycles. The number of ether oxygens (including phenoxy) is 2. The minimum absolute atomic E-state index is 0.00990. The number of halogens is 2.